The van der Waals surface area contributed by atoms with Crippen LogP contribution in [0.3, 0.4) is 0 Å². The molecule has 0 radical (unpaired) electrons. The van der Waals surface area contributed by atoms with Gasteiger partial charge in [0.05, 0.1) is 0 Å². The summed E-state index contributed by atoms with van der Waals surface area (Å²) in [6, 6.07) is 19.4. The van der Waals surface area contributed by atoms with Crippen molar-refractivity contribution in [3.63, 3.8) is 0 Å². The number of hydrogen-bond donors (Lipinski definition) is 0. The van der Waals surface area contributed by atoms with Crippen LogP contribution < -0.4 is 0 Å². The summed E-state index contributed by atoms with van der Waals surface area (Å²) in [7, 11) is -5.32. The van der Waals surface area contributed by atoms with Crippen molar-refractivity contribution in [2.75, 3.05) is 0 Å². The minimum atomic E-state index is -1.33. The molecule has 0 atom stereocenters. The monoisotopic (exact) mass is 1410 g/mol. The molecule has 0 aromatic heterocycles. The second-order valence-corrected chi connectivity index (χ2v) is 58.3. The Kier molecular flexibility index (Phi) is 49.4. The van der Waals surface area contributed by atoms with Gasteiger partial charge in [-0.05, 0) is 96.4 Å². The first-order valence-electron chi connectivity index (χ1n) is 40.2. The average molecular weight is 1410 g/mol. The van der Waals surface area contributed by atoms with Crippen molar-refractivity contribution < 1.29 is 22.7 Å². The Morgan fingerprint density at radius 3 is 0.637 bits per heavy atom. The first-order chi connectivity index (χ1) is 43.5. The molecule has 2 aromatic carbocycles. The fraction of sp³-hybridized carbons (Fsp3) is 0.810. The van der Waals surface area contributed by atoms with Gasteiger partial charge >= 0.3 is 169 Å². The minimum absolute atomic E-state index is 1.02. The van der Waals surface area contributed by atoms with Gasteiger partial charge in [0, 0.05) is 54.6 Å². The predicted octanol–water partition coefficient (Wildman–Crippen LogP) is 30.5. The normalized spacial score (nSPS) is 13.4. The predicted molar refractivity (Wildman–Crippen MR) is 423 cm³/mol. The summed E-state index contributed by atoms with van der Waals surface area (Å²) in [5, 5.41) is 0. The molecule has 7 heteroatoms. The number of allylic oxidation sites excluding steroid dienone is 2. The van der Waals surface area contributed by atoms with Crippen molar-refractivity contribution in [3.05, 3.63) is 86.5 Å². The summed E-state index contributed by atoms with van der Waals surface area (Å²) in [5.41, 5.74) is 25.7. The molecule has 0 saturated heterocycles. The van der Waals surface area contributed by atoms with Gasteiger partial charge in [0.15, 0.2) is 0 Å². The van der Waals surface area contributed by atoms with Crippen LogP contribution in [-0.4, -0.2) is 37.0 Å². The van der Waals surface area contributed by atoms with Crippen molar-refractivity contribution in [2.45, 2.75) is 436 Å². The summed E-state index contributed by atoms with van der Waals surface area (Å²) in [6.45, 7) is 39.0. The van der Waals surface area contributed by atoms with Crippen LogP contribution in [0, 0.1) is 0 Å². The number of rotatable bonds is 58. The third-order valence-corrected chi connectivity index (χ3v) is 26.7. The molecule has 0 spiro atoms. The third kappa shape index (κ3) is 46.1. The maximum absolute atomic E-state index is 12.5. The Morgan fingerprint density at radius 1 is 0.264 bits per heavy atom. The minimum Gasteiger partial charge on any atom is -0.0654 e. The second-order valence-electron chi connectivity index (χ2n) is 34.1. The molecule has 0 bridgehead atoms. The van der Waals surface area contributed by atoms with Crippen LogP contribution in [-0.2, 0) is 42.2 Å². The molecular weight excluding hydrogens is 1260 g/mol. The van der Waals surface area contributed by atoms with Crippen molar-refractivity contribution in [2.24, 2.45) is 0 Å². The van der Waals surface area contributed by atoms with Gasteiger partial charge in [-0.25, -0.2) is 4.70 Å². The van der Waals surface area contributed by atoms with Crippen LogP contribution in [0.4, 0.5) is 0 Å². The molecule has 0 saturated carbocycles. The molecular formula is C84H158N2PdSi4. The molecule has 0 N–H and O–H groups in total. The molecule has 0 amide bonds. The summed E-state index contributed by atoms with van der Waals surface area (Å²) >= 11 is 1.06. The molecule has 1 aliphatic rings. The van der Waals surface area contributed by atoms with Gasteiger partial charge in [0.1, 0.15) is 0 Å². The second kappa shape index (κ2) is 52.2. The molecule has 3 rings (SSSR count). The van der Waals surface area contributed by atoms with Gasteiger partial charge in [-0.2, -0.15) is 0 Å². The third-order valence-electron chi connectivity index (χ3n) is 18.7. The van der Waals surface area contributed by atoms with E-state index in [1.165, 1.54) is 326 Å². The van der Waals surface area contributed by atoms with Crippen LogP contribution >= 0.6 is 0 Å². The average Bonchev–Trinajstić information content (AvgIpc) is 1.62. The van der Waals surface area contributed by atoms with E-state index < -0.39 is 32.3 Å². The summed E-state index contributed by atoms with van der Waals surface area (Å²) in [5.74, 6) is 0. The Morgan fingerprint density at radius 2 is 0.451 bits per heavy atom. The van der Waals surface area contributed by atoms with Gasteiger partial charge in [-0.1, -0.05) is 247 Å². The van der Waals surface area contributed by atoms with E-state index in [1.54, 1.807) is 14.5 Å². The van der Waals surface area contributed by atoms with Crippen molar-refractivity contribution in [1.82, 2.24) is 0 Å². The van der Waals surface area contributed by atoms with E-state index in [-0.39, 0.29) is 0 Å². The zero-order chi connectivity index (χ0) is 67.1. The molecule has 1 heterocycles. The summed E-state index contributed by atoms with van der Waals surface area (Å²) in [6.07, 6.45) is 66.1. The molecule has 530 valence electrons. The number of nitrogens with zero attached hydrogens (tertiary/aromatic N) is 2. The van der Waals surface area contributed by atoms with E-state index in [0.717, 1.165) is 67.9 Å². The molecule has 0 aliphatic carbocycles. The maximum atomic E-state index is 12.5. The first kappa shape index (κ1) is 86.1. The van der Waals surface area contributed by atoms with Crippen LogP contribution in [0.1, 0.15) is 356 Å². The van der Waals surface area contributed by atoms with E-state index in [0.29, 0.717) is 0 Å². The standard InChI is InChI=1S/C40H68N2Si4.2C22H45.Pd/c1-15-17-19-37-38(20-18-16-2)40(36-25-33(29-45(9,10)11)22-34(26-36)30-46(12,13)14)42(41)39(37)35-23-31(27-43(3,4)5)21-32(24-35)28-44(6,7)8;2*1-3-5-7-9-11-13-15-17-19-21-22-20-18-16-14-12-10-8-6-4-2;/h21-26H,15-20,27-30H2,1-14H3;2*1,3-22H2,2H3;. The molecule has 2 aromatic rings. The molecule has 1 aliphatic heterocycles. The van der Waals surface area contributed by atoms with Crippen molar-refractivity contribution in [3.8, 4) is 0 Å². The van der Waals surface area contributed by atoms with E-state index in [9.17, 15) is 5.53 Å². The fourth-order valence-electron chi connectivity index (χ4n) is 14.1. The van der Waals surface area contributed by atoms with Crippen molar-refractivity contribution in [1.29, 1.82) is 0 Å². The fourth-order valence-corrected chi connectivity index (χ4v) is 21.7. The number of hydrogen-bond acceptors (Lipinski definition) is 0. The van der Waals surface area contributed by atoms with Gasteiger partial charge in [-0.3, -0.25) is 0 Å². The zero-order valence-electron chi connectivity index (χ0n) is 64.4. The van der Waals surface area contributed by atoms with Crippen LogP contribution in [0.2, 0.25) is 88.4 Å². The van der Waals surface area contributed by atoms with Gasteiger partial charge < -0.3 is 5.53 Å². The molecule has 2 nitrogen and oxygen atoms in total. The topological polar surface area (TPSA) is 25.3 Å². The molecule has 91 heavy (non-hydrogen) atoms. The van der Waals surface area contributed by atoms with Crippen LogP contribution in [0.15, 0.2) is 47.5 Å². The Bertz CT molecular complexity index is 1980. The quantitative estimate of drug-likeness (QED) is 0.0358. The number of benzene rings is 2. The smallest absolute Gasteiger partial charge is 0.0654 e. The van der Waals surface area contributed by atoms with Crippen LogP contribution in [0.5, 0.6) is 0 Å². The zero-order valence-corrected chi connectivity index (χ0v) is 70.0. The van der Waals surface area contributed by atoms with E-state index in [4.69, 9.17) is 0 Å². The SMILES string of the molecule is CCCCC1=C(c2cc(C[Si](C)(C)C)cc(C[Si](C)(C)C)c2)[N+](=[N-])C(c2cc(C[Si](C)(C)C)cc(C[Si](C)(C)C)c2)=C1CCCC.CCCCCCCCCCCCCCCCCCCCC[CH2][Pd][CH2]CCCCCCCCCCCCCCCCCCCCC. The van der Waals surface area contributed by atoms with E-state index in [1.807, 2.05) is 0 Å². The Hall–Kier alpha value is -0.950. The molecule has 0 fully saturated rings. The molecule has 0 unspecified atom stereocenters. The summed E-state index contributed by atoms with van der Waals surface area (Å²) < 4.78 is 1.66. The van der Waals surface area contributed by atoms with Crippen LogP contribution in [0.25, 0.3) is 16.9 Å². The van der Waals surface area contributed by atoms with E-state index in [2.05, 4.69) is 143 Å². The van der Waals surface area contributed by atoms with Gasteiger partial charge in [0.25, 0.3) is 0 Å². The number of unbranched alkanes of at least 4 members (excludes halogenated alkanes) is 40. The summed E-state index contributed by atoms with van der Waals surface area (Å²) in [4.78, 5) is 3.10. The van der Waals surface area contributed by atoms with Gasteiger partial charge in [0.2, 0.25) is 11.4 Å². The Labute approximate surface area is 584 Å². The van der Waals surface area contributed by atoms with Gasteiger partial charge in [-0.15, -0.1) is 0 Å². The Balaban J connectivity index is 0.000000620. The van der Waals surface area contributed by atoms with Crippen molar-refractivity contribution >= 4 is 43.7 Å². The first-order valence-corrected chi connectivity index (χ1v) is 57.2. The van der Waals surface area contributed by atoms with E-state index >= 15 is 0 Å².